The molecule has 0 spiro atoms. The van der Waals surface area contributed by atoms with Crippen molar-refractivity contribution in [2.45, 2.75) is 98.3 Å². The Bertz CT molecular complexity index is 614. The molecule has 0 amide bonds. The smallest absolute Gasteiger partial charge is 0.118 e. The van der Waals surface area contributed by atoms with E-state index in [1.54, 1.807) is 18.0 Å². The van der Waals surface area contributed by atoms with Gasteiger partial charge in [0, 0.05) is 0 Å². The van der Waals surface area contributed by atoms with Crippen molar-refractivity contribution in [2.75, 3.05) is 6.54 Å². The minimum atomic E-state index is 0.509. The Morgan fingerprint density at radius 2 is 1.83 bits per heavy atom. The minimum Gasteiger partial charge on any atom is -0.386 e. The van der Waals surface area contributed by atoms with Gasteiger partial charge in [0.15, 0.2) is 0 Å². The van der Waals surface area contributed by atoms with E-state index in [1.807, 2.05) is 6.92 Å². The van der Waals surface area contributed by atoms with Gasteiger partial charge in [-0.1, -0.05) is 40.0 Å². The number of hydrogen-bond acceptors (Lipinski definition) is 3. The van der Waals surface area contributed by atoms with Crippen LogP contribution < -0.4 is 11.6 Å². The molecular weight excluding hydrogens is 368 g/mol. The zero-order chi connectivity index (χ0) is 21.5. The Hall–Kier alpha value is -0.770. The number of hydrogen-bond donors (Lipinski definition) is 2. The molecule has 0 aromatic heterocycles. The van der Waals surface area contributed by atoms with Crippen LogP contribution in [0.2, 0.25) is 0 Å². The van der Waals surface area contributed by atoms with Crippen molar-refractivity contribution in [2.24, 2.45) is 69.4 Å². The fourth-order valence-electron chi connectivity index (χ4n) is 9.26. The van der Waals surface area contributed by atoms with Gasteiger partial charge in [0.2, 0.25) is 0 Å². The molecule has 4 rings (SSSR count). The zero-order valence-corrected chi connectivity index (χ0v) is 20.2. The first-order valence-corrected chi connectivity index (χ1v) is 13.2. The Labute approximate surface area is 185 Å². The monoisotopic (exact) mass is 416 g/mol. The van der Waals surface area contributed by atoms with E-state index in [1.165, 1.54) is 57.8 Å². The predicted molar refractivity (Wildman–Crippen MR) is 126 cm³/mol. The van der Waals surface area contributed by atoms with Gasteiger partial charge in [-0.25, -0.2) is 11.0 Å². The lowest BCUT2D eigenvalue weighted by Gasteiger charge is -2.57. The van der Waals surface area contributed by atoms with Crippen molar-refractivity contribution in [3.05, 3.63) is 0 Å². The molecule has 4 fully saturated rings. The Morgan fingerprint density at radius 1 is 1.07 bits per heavy atom. The largest absolute Gasteiger partial charge is 0.386 e. The molecule has 0 heterocycles. The molecule has 0 aliphatic heterocycles. The summed E-state index contributed by atoms with van der Waals surface area (Å²) in [5, 5.41) is 5.84. The molecule has 0 bridgehead atoms. The molecule has 0 radical (unpaired) electrons. The second-order valence-corrected chi connectivity index (χ2v) is 12.0. The third kappa shape index (κ3) is 4.14. The number of hydrazine groups is 1. The van der Waals surface area contributed by atoms with Gasteiger partial charge >= 0.3 is 0 Å². The average molecular weight is 417 g/mol. The van der Waals surface area contributed by atoms with Crippen molar-refractivity contribution in [1.29, 1.82) is 0 Å². The van der Waals surface area contributed by atoms with Gasteiger partial charge in [-0.2, -0.15) is 0 Å². The molecule has 30 heavy (non-hydrogen) atoms. The summed E-state index contributed by atoms with van der Waals surface area (Å²) in [4.78, 5) is 0. The van der Waals surface area contributed by atoms with Crippen LogP contribution in [0.1, 0.15) is 98.3 Å². The van der Waals surface area contributed by atoms with E-state index in [-0.39, 0.29) is 0 Å². The van der Waals surface area contributed by atoms with E-state index in [9.17, 15) is 0 Å². The van der Waals surface area contributed by atoms with Crippen LogP contribution in [0.5, 0.6) is 0 Å². The summed E-state index contributed by atoms with van der Waals surface area (Å²) in [6.45, 7) is 10.0. The van der Waals surface area contributed by atoms with Crippen LogP contribution in [0.4, 0.5) is 0 Å². The summed E-state index contributed by atoms with van der Waals surface area (Å²) in [6, 6.07) is 0. The first kappa shape index (κ1) is 22.4. The van der Waals surface area contributed by atoms with Gasteiger partial charge < -0.3 is 5.73 Å². The highest BCUT2D eigenvalue weighted by Crippen LogP contribution is 2.65. The van der Waals surface area contributed by atoms with Gasteiger partial charge in [0.25, 0.3) is 0 Å². The quantitative estimate of drug-likeness (QED) is 0.250. The molecule has 4 N–H and O–H groups in total. The standard InChI is InChI=1S/C26H48N4/c1-5-6-19-7-9-21-20(15-19)8-10-23-22(21)13-14-26(4)24(11-12-25(23)26)17(2)16-30(28)29-18(3)27/h17,19-25H,5-16,28H2,1-4H3,(H2,27,29). The molecule has 4 aliphatic rings. The van der Waals surface area contributed by atoms with E-state index < -0.39 is 0 Å². The molecular formula is C26H48N4. The number of nitrogens with zero attached hydrogens (tertiary/aromatic N) is 2. The topological polar surface area (TPSA) is 67.6 Å². The Kier molecular flexibility index (Phi) is 6.73. The van der Waals surface area contributed by atoms with E-state index >= 15 is 0 Å². The van der Waals surface area contributed by atoms with Crippen molar-refractivity contribution in [1.82, 2.24) is 5.12 Å². The first-order chi connectivity index (χ1) is 14.3. The molecule has 0 aromatic carbocycles. The molecule has 9 unspecified atom stereocenters. The van der Waals surface area contributed by atoms with Gasteiger partial charge in [-0.05, 0) is 111 Å². The summed E-state index contributed by atoms with van der Waals surface area (Å²) in [6.07, 6.45) is 16.3. The lowest BCUT2D eigenvalue weighted by Crippen LogP contribution is -2.49. The van der Waals surface area contributed by atoms with Gasteiger partial charge in [-0.3, -0.25) is 0 Å². The van der Waals surface area contributed by atoms with Crippen LogP contribution in [0.25, 0.3) is 0 Å². The summed E-state index contributed by atoms with van der Waals surface area (Å²) in [5.74, 6) is 14.2. The maximum atomic E-state index is 6.13. The van der Waals surface area contributed by atoms with Crippen LogP contribution in [0.3, 0.4) is 0 Å². The van der Waals surface area contributed by atoms with E-state index in [4.69, 9.17) is 11.6 Å². The molecule has 4 nitrogen and oxygen atoms in total. The maximum absolute atomic E-state index is 6.13. The molecule has 9 atom stereocenters. The van der Waals surface area contributed by atoms with Crippen LogP contribution in [-0.2, 0) is 0 Å². The van der Waals surface area contributed by atoms with Crippen LogP contribution in [-0.4, -0.2) is 17.5 Å². The molecule has 4 saturated carbocycles. The van der Waals surface area contributed by atoms with Gasteiger partial charge in [-0.15, -0.1) is 5.10 Å². The first-order valence-electron chi connectivity index (χ1n) is 13.2. The maximum Gasteiger partial charge on any atom is 0.118 e. The second-order valence-electron chi connectivity index (χ2n) is 12.0. The SMILES string of the molecule is CCCC1CCC2C(CCC3C2CCC2(C)C(C(C)CN(N)/N=C(/C)N)CCC32)C1. The van der Waals surface area contributed by atoms with Gasteiger partial charge in [0.1, 0.15) is 5.84 Å². The van der Waals surface area contributed by atoms with E-state index in [2.05, 4.69) is 25.9 Å². The molecule has 0 saturated heterocycles. The van der Waals surface area contributed by atoms with E-state index in [0.717, 1.165) is 48.0 Å². The lowest BCUT2D eigenvalue weighted by atomic mass is 9.48. The molecule has 172 valence electrons. The highest BCUT2D eigenvalue weighted by molar-refractivity contribution is 5.77. The number of rotatable bonds is 6. The second kappa shape index (κ2) is 9.00. The summed E-state index contributed by atoms with van der Waals surface area (Å²) >= 11 is 0. The van der Waals surface area contributed by atoms with Crippen molar-refractivity contribution in [3.8, 4) is 0 Å². The zero-order valence-electron chi connectivity index (χ0n) is 20.2. The van der Waals surface area contributed by atoms with Crippen LogP contribution in [0, 0.1) is 52.8 Å². The third-order valence-electron chi connectivity index (χ3n) is 10.3. The molecule has 4 aliphatic carbocycles. The molecule has 0 aromatic rings. The Morgan fingerprint density at radius 3 is 2.57 bits per heavy atom. The summed E-state index contributed by atoms with van der Waals surface area (Å²) in [5.41, 5.74) is 6.24. The fraction of sp³-hybridized carbons (Fsp3) is 0.962. The summed E-state index contributed by atoms with van der Waals surface area (Å²) < 4.78 is 0. The van der Waals surface area contributed by atoms with Crippen molar-refractivity contribution < 1.29 is 0 Å². The van der Waals surface area contributed by atoms with Crippen molar-refractivity contribution >= 4 is 5.84 Å². The van der Waals surface area contributed by atoms with Crippen LogP contribution in [0.15, 0.2) is 5.10 Å². The number of amidine groups is 1. The normalized spacial score (nSPS) is 44.7. The van der Waals surface area contributed by atoms with Gasteiger partial charge in [0.05, 0.1) is 6.54 Å². The predicted octanol–water partition coefficient (Wildman–Crippen LogP) is 5.78. The van der Waals surface area contributed by atoms with Crippen LogP contribution >= 0.6 is 0 Å². The molecule has 4 heteroatoms. The lowest BCUT2D eigenvalue weighted by molar-refractivity contribution is -0.0754. The minimum absolute atomic E-state index is 0.509. The number of fused-ring (bicyclic) bond motifs is 5. The highest BCUT2D eigenvalue weighted by Gasteiger charge is 2.57. The van der Waals surface area contributed by atoms with E-state index in [0.29, 0.717) is 17.2 Å². The fourth-order valence-corrected chi connectivity index (χ4v) is 9.26. The van der Waals surface area contributed by atoms with Crippen molar-refractivity contribution in [3.63, 3.8) is 0 Å². The average Bonchev–Trinajstić information content (AvgIpc) is 3.04. The third-order valence-corrected chi connectivity index (χ3v) is 10.3. The Balaban J connectivity index is 1.42. The number of nitrogens with two attached hydrogens (primary N) is 2. The highest BCUT2D eigenvalue weighted by atomic mass is 15.6. The number of hydrazone groups is 1. The summed E-state index contributed by atoms with van der Waals surface area (Å²) in [7, 11) is 0.